The van der Waals surface area contributed by atoms with E-state index in [-0.39, 0.29) is 0 Å². The van der Waals surface area contributed by atoms with Gasteiger partial charge < -0.3 is 4.57 Å². The first kappa shape index (κ1) is 22.7. The van der Waals surface area contributed by atoms with Crippen LogP contribution in [0.1, 0.15) is 50.4 Å². The average Bonchev–Trinajstić information content (AvgIpc) is 3.48. The van der Waals surface area contributed by atoms with Crippen LogP contribution in [0.2, 0.25) is 0 Å². The highest BCUT2D eigenvalue weighted by molar-refractivity contribution is 5.82. The summed E-state index contributed by atoms with van der Waals surface area (Å²) in [6, 6.07) is 27.8. The summed E-state index contributed by atoms with van der Waals surface area (Å²) >= 11 is 0. The molecule has 4 nitrogen and oxygen atoms in total. The zero-order valence-corrected chi connectivity index (χ0v) is 20.7. The van der Waals surface area contributed by atoms with Gasteiger partial charge >= 0.3 is 0 Å². The molecule has 0 aliphatic heterocycles. The zero-order chi connectivity index (χ0) is 24.5. The van der Waals surface area contributed by atoms with E-state index in [4.69, 9.17) is 4.98 Å². The second-order valence-corrected chi connectivity index (χ2v) is 9.83. The highest BCUT2D eigenvalue weighted by atomic mass is 15.1. The van der Waals surface area contributed by atoms with Crippen molar-refractivity contribution >= 4 is 10.9 Å². The van der Waals surface area contributed by atoms with Crippen molar-refractivity contribution in [1.29, 1.82) is 5.26 Å². The maximum atomic E-state index is 9.70. The Balaban J connectivity index is 1.64. The highest BCUT2D eigenvalue weighted by Crippen LogP contribution is 2.33. The van der Waals surface area contributed by atoms with Gasteiger partial charge in [0.1, 0.15) is 11.9 Å². The number of nitrogens with zero attached hydrogens (tertiary/aromatic N) is 4. The fourth-order valence-corrected chi connectivity index (χ4v) is 4.86. The van der Waals surface area contributed by atoms with Gasteiger partial charge in [0.05, 0.1) is 11.2 Å². The van der Waals surface area contributed by atoms with Crippen LogP contribution >= 0.6 is 0 Å². The second-order valence-electron chi connectivity index (χ2n) is 9.83. The van der Waals surface area contributed by atoms with Gasteiger partial charge in [-0.2, -0.15) is 5.26 Å². The molecule has 2 aromatic heterocycles. The van der Waals surface area contributed by atoms with Crippen molar-refractivity contribution in [3.8, 4) is 28.8 Å². The SMILES string of the molecule is CC(C)Cc1cccc(C(C)C)c1-n1cc(C#N)nc1-c1ccc(-n2ccc3ccccc32)cc1. The molecule has 0 aliphatic rings. The molecule has 0 saturated heterocycles. The molecular weight excluding hydrogens is 428 g/mol. The smallest absolute Gasteiger partial charge is 0.159 e. The summed E-state index contributed by atoms with van der Waals surface area (Å²) in [5, 5.41) is 10.9. The number of rotatable bonds is 6. The second kappa shape index (κ2) is 9.27. The third-order valence-corrected chi connectivity index (χ3v) is 6.47. The van der Waals surface area contributed by atoms with E-state index in [1.54, 1.807) is 0 Å². The van der Waals surface area contributed by atoms with Gasteiger partial charge in [0.25, 0.3) is 0 Å². The van der Waals surface area contributed by atoms with Gasteiger partial charge in [-0.25, -0.2) is 4.98 Å². The maximum Gasteiger partial charge on any atom is 0.159 e. The summed E-state index contributed by atoms with van der Waals surface area (Å²) in [6.07, 6.45) is 4.95. The Morgan fingerprint density at radius 2 is 1.63 bits per heavy atom. The van der Waals surface area contributed by atoms with Crippen molar-refractivity contribution in [1.82, 2.24) is 14.1 Å². The lowest BCUT2D eigenvalue weighted by Crippen LogP contribution is -2.08. The summed E-state index contributed by atoms with van der Waals surface area (Å²) in [5.41, 5.74) is 7.39. The molecule has 2 heterocycles. The van der Waals surface area contributed by atoms with Crippen LogP contribution in [0.3, 0.4) is 0 Å². The molecule has 0 amide bonds. The summed E-state index contributed by atoms with van der Waals surface area (Å²) in [6.45, 7) is 8.92. The number of nitriles is 1. The minimum Gasteiger partial charge on any atom is -0.317 e. The van der Waals surface area contributed by atoms with Gasteiger partial charge in [-0.05, 0) is 71.2 Å². The van der Waals surface area contributed by atoms with Crippen molar-refractivity contribution < 1.29 is 0 Å². The van der Waals surface area contributed by atoms with Gasteiger partial charge in [-0.1, -0.05) is 64.1 Å². The minimum atomic E-state index is 0.349. The molecule has 0 aliphatic carbocycles. The number of para-hydroxylation sites is 2. The molecule has 0 spiro atoms. The van der Waals surface area contributed by atoms with Crippen molar-refractivity contribution in [2.24, 2.45) is 5.92 Å². The van der Waals surface area contributed by atoms with E-state index >= 15 is 0 Å². The lowest BCUT2D eigenvalue weighted by molar-refractivity contribution is 0.643. The summed E-state index contributed by atoms with van der Waals surface area (Å²) in [7, 11) is 0. The Kier molecular flexibility index (Phi) is 6.01. The van der Waals surface area contributed by atoms with Crippen molar-refractivity contribution in [3.63, 3.8) is 0 Å². The Hall–Kier alpha value is -4.10. The Bertz CT molecular complexity index is 1520. The molecular formula is C31H30N4. The third-order valence-electron chi connectivity index (χ3n) is 6.47. The molecule has 0 atom stereocenters. The van der Waals surface area contributed by atoms with Crippen LogP contribution in [0.15, 0.2) is 85.2 Å². The van der Waals surface area contributed by atoms with Crippen molar-refractivity contribution in [2.75, 3.05) is 0 Å². The lowest BCUT2D eigenvalue weighted by atomic mass is 9.93. The molecule has 5 rings (SSSR count). The largest absolute Gasteiger partial charge is 0.317 e. The third kappa shape index (κ3) is 4.26. The number of benzene rings is 3. The molecule has 35 heavy (non-hydrogen) atoms. The number of hydrogen-bond acceptors (Lipinski definition) is 2. The van der Waals surface area contributed by atoms with Crippen molar-refractivity contribution in [2.45, 2.75) is 40.0 Å². The highest BCUT2D eigenvalue weighted by Gasteiger charge is 2.19. The molecule has 5 aromatic rings. The number of hydrogen-bond donors (Lipinski definition) is 0. The van der Waals surface area contributed by atoms with E-state index in [1.807, 2.05) is 6.20 Å². The fraction of sp³-hybridized carbons (Fsp3) is 0.226. The molecule has 0 saturated carbocycles. The quantitative estimate of drug-likeness (QED) is 0.262. The number of fused-ring (bicyclic) bond motifs is 1. The van der Waals surface area contributed by atoms with Gasteiger partial charge in [-0.15, -0.1) is 0 Å². The standard InChI is InChI=1S/C31H30N4/c1-21(2)18-25-9-7-10-28(22(3)4)30(25)35-20-26(19-32)33-31(35)24-12-14-27(15-13-24)34-17-16-23-8-5-6-11-29(23)34/h5-17,20-22H,18H2,1-4H3. The molecule has 0 fully saturated rings. The molecule has 0 radical (unpaired) electrons. The summed E-state index contributed by atoms with van der Waals surface area (Å²) < 4.78 is 4.33. The van der Waals surface area contributed by atoms with Crippen molar-refractivity contribution in [3.05, 3.63) is 102 Å². The summed E-state index contributed by atoms with van der Waals surface area (Å²) in [5.74, 6) is 1.67. The Labute approximate surface area is 207 Å². The number of imidazole rings is 1. The van der Waals surface area contributed by atoms with Crippen LogP contribution in [0.25, 0.3) is 33.7 Å². The predicted octanol–water partition coefficient (Wildman–Crippen LogP) is 7.68. The van der Waals surface area contributed by atoms with Crippen LogP contribution < -0.4 is 0 Å². The first-order valence-corrected chi connectivity index (χ1v) is 12.2. The average molecular weight is 459 g/mol. The zero-order valence-electron chi connectivity index (χ0n) is 20.7. The normalized spacial score (nSPS) is 11.5. The molecule has 0 N–H and O–H groups in total. The van der Waals surface area contributed by atoms with Crippen LogP contribution in [-0.4, -0.2) is 14.1 Å². The Morgan fingerprint density at radius 1 is 0.857 bits per heavy atom. The maximum absolute atomic E-state index is 9.70. The molecule has 0 unspecified atom stereocenters. The first-order chi connectivity index (χ1) is 17.0. The van der Waals surface area contributed by atoms with E-state index in [2.05, 4.69) is 122 Å². The van der Waals surface area contributed by atoms with Crippen LogP contribution in [0.4, 0.5) is 0 Å². The first-order valence-electron chi connectivity index (χ1n) is 12.2. The van der Waals surface area contributed by atoms with E-state index < -0.39 is 0 Å². The van der Waals surface area contributed by atoms with E-state index in [0.29, 0.717) is 17.5 Å². The van der Waals surface area contributed by atoms with E-state index in [1.165, 1.54) is 22.0 Å². The van der Waals surface area contributed by atoms with Gasteiger partial charge in [0.15, 0.2) is 5.69 Å². The molecule has 4 heteroatoms. The van der Waals surface area contributed by atoms with Gasteiger partial charge in [0, 0.05) is 23.6 Å². The van der Waals surface area contributed by atoms with Crippen LogP contribution in [-0.2, 0) is 6.42 Å². The topological polar surface area (TPSA) is 46.5 Å². The van der Waals surface area contributed by atoms with E-state index in [0.717, 1.165) is 29.2 Å². The summed E-state index contributed by atoms with van der Waals surface area (Å²) in [4.78, 5) is 4.73. The number of aromatic nitrogens is 3. The molecule has 174 valence electrons. The fourth-order valence-electron chi connectivity index (χ4n) is 4.86. The lowest BCUT2D eigenvalue weighted by Gasteiger charge is -2.21. The van der Waals surface area contributed by atoms with Gasteiger partial charge in [0.2, 0.25) is 0 Å². The predicted molar refractivity (Wildman–Crippen MR) is 143 cm³/mol. The molecule has 0 bridgehead atoms. The van der Waals surface area contributed by atoms with Gasteiger partial charge in [-0.3, -0.25) is 4.57 Å². The van der Waals surface area contributed by atoms with E-state index in [9.17, 15) is 5.26 Å². The molecule has 3 aromatic carbocycles. The monoisotopic (exact) mass is 458 g/mol. The Morgan fingerprint density at radius 3 is 2.34 bits per heavy atom. The van der Waals surface area contributed by atoms with Crippen LogP contribution in [0, 0.1) is 17.2 Å². The van der Waals surface area contributed by atoms with Crippen LogP contribution in [0.5, 0.6) is 0 Å². The minimum absolute atomic E-state index is 0.349.